The molecule has 0 radical (unpaired) electrons. The molecule has 2 aromatic carbocycles. The van der Waals surface area contributed by atoms with Crippen LogP contribution in [-0.4, -0.2) is 21.0 Å². The maximum absolute atomic E-state index is 12.7. The first-order valence-corrected chi connectivity index (χ1v) is 12.1. The zero-order chi connectivity index (χ0) is 22.9. The molecule has 5 nitrogen and oxygen atoms in total. The number of nitrogens with one attached hydrogen (secondary N) is 1. The number of aliphatic hydroxyl groups is 1. The van der Waals surface area contributed by atoms with Crippen molar-refractivity contribution in [1.82, 2.24) is 9.97 Å². The lowest BCUT2D eigenvalue weighted by atomic mass is 9.86. The van der Waals surface area contributed by atoms with Gasteiger partial charge in [0.25, 0.3) is 0 Å². The van der Waals surface area contributed by atoms with Crippen molar-refractivity contribution in [1.29, 1.82) is 0 Å². The first-order valence-electron chi connectivity index (χ1n) is 12.1. The fourth-order valence-corrected chi connectivity index (χ4v) is 4.55. The molecular formula is C28H33N3O2. The molecule has 1 fully saturated rings. The second-order valence-electron chi connectivity index (χ2n) is 9.00. The Hall–Kier alpha value is -3.05. The summed E-state index contributed by atoms with van der Waals surface area (Å²) >= 11 is 0. The fourth-order valence-electron chi connectivity index (χ4n) is 4.55. The van der Waals surface area contributed by atoms with Gasteiger partial charge in [0, 0.05) is 12.0 Å². The van der Waals surface area contributed by atoms with E-state index >= 15 is 0 Å². The minimum atomic E-state index is -0.00910. The summed E-state index contributed by atoms with van der Waals surface area (Å²) in [5, 5.41) is 12.3. The molecule has 2 N–H and O–H groups in total. The molecule has 4 rings (SSSR count). The maximum atomic E-state index is 12.7. The van der Waals surface area contributed by atoms with E-state index in [4.69, 9.17) is 4.98 Å². The average molecular weight is 444 g/mol. The molecule has 0 saturated heterocycles. The van der Waals surface area contributed by atoms with Gasteiger partial charge in [0.2, 0.25) is 5.91 Å². The standard InChI is InChI=1S/C28H33N3O2/c32-20-23-14-16-24(17-15-23)26-19-29-28(25(30-26)18-22-10-5-2-6-11-22)31-27(33)13-7-12-21-8-3-1-4-9-21/h1,3-4,8-9,14-17,19,22,32H,2,5-7,10-13,18,20H2,(H,29,31,33). The van der Waals surface area contributed by atoms with Gasteiger partial charge >= 0.3 is 0 Å². The molecule has 3 aromatic rings. The van der Waals surface area contributed by atoms with Crippen molar-refractivity contribution in [2.75, 3.05) is 5.32 Å². The number of amides is 1. The van der Waals surface area contributed by atoms with Gasteiger partial charge in [-0.25, -0.2) is 9.97 Å². The lowest BCUT2D eigenvalue weighted by Crippen LogP contribution is -2.18. The Kier molecular flexibility index (Phi) is 8.20. The molecule has 1 aliphatic carbocycles. The van der Waals surface area contributed by atoms with Gasteiger partial charge < -0.3 is 10.4 Å². The Bertz CT molecular complexity index is 1030. The Morgan fingerprint density at radius 2 is 1.73 bits per heavy atom. The Morgan fingerprint density at radius 3 is 2.45 bits per heavy atom. The van der Waals surface area contributed by atoms with Crippen molar-refractivity contribution in [3.05, 3.63) is 77.6 Å². The second kappa shape index (κ2) is 11.7. The zero-order valence-corrected chi connectivity index (χ0v) is 19.2. The largest absolute Gasteiger partial charge is 0.392 e. The molecule has 1 aliphatic rings. The number of carbonyl (C=O) groups is 1. The number of anilines is 1. The van der Waals surface area contributed by atoms with Gasteiger partial charge in [-0.2, -0.15) is 0 Å². The van der Waals surface area contributed by atoms with Gasteiger partial charge in [0.15, 0.2) is 5.82 Å². The van der Waals surface area contributed by atoms with E-state index in [1.54, 1.807) is 6.20 Å². The monoisotopic (exact) mass is 443 g/mol. The summed E-state index contributed by atoms with van der Waals surface area (Å²) in [6, 6.07) is 18.0. The van der Waals surface area contributed by atoms with Crippen LogP contribution >= 0.6 is 0 Å². The van der Waals surface area contributed by atoms with Crippen LogP contribution in [0.4, 0.5) is 5.82 Å². The Labute approximate surface area is 196 Å². The van der Waals surface area contributed by atoms with Crippen molar-refractivity contribution in [2.45, 2.75) is 64.4 Å². The van der Waals surface area contributed by atoms with Crippen LogP contribution in [-0.2, 0) is 24.2 Å². The van der Waals surface area contributed by atoms with Crippen LogP contribution in [0, 0.1) is 5.92 Å². The van der Waals surface area contributed by atoms with Gasteiger partial charge in [-0.05, 0) is 36.3 Å². The van der Waals surface area contributed by atoms with E-state index in [1.165, 1.54) is 37.7 Å². The Morgan fingerprint density at radius 1 is 0.970 bits per heavy atom. The van der Waals surface area contributed by atoms with E-state index in [0.29, 0.717) is 18.2 Å². The Balaban J connectivity index is 1.46. The minimum Gasteiger partial charge on any atom is -0.392 e. The van der Waals surface area contributed by atoms with Crippen molar-refractivity contribution in [2.24, 2.45) is 5.92 Å². The molecular weight excluding hydrogens is 410 g/mol. The first kappa shape index (κ1) is 23.1. The number of aryl methyl sites for hydroxylation is 1. The van der Waals surface area contributed by atoms with Crippen molar-refractivity contribution >= 4 is 11.7 Å². The minimum absolute atomic E-state index is 0.00910. The van der Waals surface area contributed by atoms with Gasteiger partial charge in [-0.1, -0.05) is 86.7 Å². The van der Waals surface area contributed by atoms with E-state index in [0.717, 1.165) is 41.8 Å². The lowest BCUT2D eigenvalue weighted by Gasteiger charge is -2.22. The van der Waals surface area contributed by atoms with Crippen LogP contribution in [0.1, 0.15) is 61.8 Å². The summed E-state index contributed by atoms with van der Waals surface area (Å²) < 4.78 is 0. The van der Waals surface area contributed by atoms with Gasteiger partial charge in [-0.3, -0.25) is 4.79 Å². The molecule has 1 amide bonds. The van der Waals surface area contributed by atoms with Crippen LogP contribution in [0.3, 0.4) is 0 Å². The third-order valence-corrected chi connectivity index (χ3v) is 6.45. The summed E-state index contributed by atoms with van der Waals surface area (Å²) in [5.41, 5.74) is 4.76. The van der Waals surface area contributed by atoms with Crippen LogP contribution in [0.25, 0.3) is 11.3 Å². The van der Waals surface area contributed by atoms with E-state index in [-0.39, 0.29) is 12.5 Å². The van der Waals surface area contributed by atoms with Crippen LogP contribution < -0.4 is 5.32 Å². The SMILES string of the molecule is O=C(CCCc1ccccc1)Nc1ncc(-c2ccc(CO)cc2)nc1CC1CCCCC1. The maximum Gasteiger partial charge on any atom is 0.225 e. The summed E-state index contributed by atoms with van der Waals surface area (Å²) in [4.78, 5) is 22.2. The number of hydrogen-bond donors (Lipinski definition) is 2. The number of nitrogens with zero attached hydrogens (tertiary/aromatic N) is 2. The summed E-state index contributed by atoms with van der Waals surface area (Å²) in [7, 11) is 0. The highest BCUT2D eigenvalue weighted by Crippen LogP contribution is 2.29. The van der Waals surface area contributed by atoms with Gasteiger partial charge in [0.05, 0.1) is 24.2 Å². The second-order valence-corrected chi connectivity index (χ2v) is 9.00. The first-order chi connectivity index (χ1) is 16.2. The molecule has 1 aromatic heterocycles. The lowest BCUT2D eigenvalue weighted by molar-refractivity contribution is -0.116. The molecule has 0 atom stereocenters. The normalized spacial score (nSPS) is 14.2. The molecule has 0 aliphatic heterocycles. The van der Waals surface area contributed by atoms with Crippen molar-refractivity contribution in [3.8, 4) is 11.3 Å². The molecule has 0 bridgehead atoms. The quantitative estimate of drug-likeness (QED) is 0.443. The van der Waals surface area contributed by atoms with Crippen LogP contribution in [0.2, 0.25) is 0 Å². The van der Waals surface area contributed by atoms with E-state index in [1.807, 2.05) is 42.5 Å². The highest BCUT2D eigenvalue weighted by molar-refractivity contribution is 5.90. The molecule has 172 valence electrons. The molecule has 1 saturated carbocycles. The highest BCUT2D eigenvalue weighted by atomic mass is 16.3. The molecule has 0 unspecified atom stereocenters. The van der Waals surface area contributed by atoms with Gasteiger partial charge in [0.1, 0.15) is 0 Å². The number of carbonyl (C=O) groups excluding carboxylic acids is 1. The molecule has 5 heteroatoms. The predicted octanol–water partition coefficient (Wildman–Crippen LogP) is 5.72. The average Bonchev–Trinajstić information content (AvgIpc) is 2.86. The van der Waals surface area contributed by atoms with E-state index in [9.17, 15) is 9.90 Å². The van der Waals surface area contributed by atoms with Crippen molar-refractivity contribution < 1.29 is 9.90 Å². The number of benzene rings is 2. The van der Waals surface area contributed by atoms with Crippen LogP contribution in [0.15, 0.2) is 60.8 Å². The van der Waals surface area contributed by atoms with Crippen molar-refractivity contribution in [3.63, 3.8) is 0 Å². The van der Waals surface area contributed by atoms with Gasteiger partial charge in [-0.15, -0.1) is 0 Å². The number of rotatable bonds is 9. The summed E-state index contributed by atoms with van der Waals surface area (Å²) in [6.07, 6.45) is 11.0. The third-order valence-electron chi connectivity index (χ3n) is 6.45. The zero-order valence-electron chi connectivity index (χ0n) is 19.2. The molecule has 1 heterocycles. The smallest absolute Gasteiger partial charge is 0.225 e. The number of aliphatic hydroxyl groups excluding tert-OH is 1. The summed E-state index contributed by atoms with van der Waals surface area (Å²) in [6.45, 7) is 0.0220. The van der Waals surface area contributed by atoms with E-state index in [2.05, 4.69) is 22.4 Å². The number of hydrogen-bond acceptors (Lipinski definition) is 4. The molecule has 0 spiro atoms. The number of aromatic nitrogens is 2. The topological polar surface area (TPSA) is 75.1 Å². The summed E-state index contributed by atoms with van der Waals surface area (Å²) in [5.74, 6) is 1.18. The van der Waals surface area contributed by atoms with Crippen LogP contribution in [0.5, 0.6) is 0 Å². The van der Waals surface area contributed by atoms with E-state index < -0.39 is 0 Å². The third kappa shape index (κ3) is 6.72. The predicted molar refractivity (Wildman–Crippen MR) is 132 cm³/mol. The molecule has 33 heavy (non-hydrogen) atoms. The fraction of sp³-hybridized carbons (Fsp3) is 0.393. The highest BCUT2D eigenvalue weighted by Gasteiger charge is 2.19.